The fourth-order valence-electron chi connectivity index (χ4n) is 4.03. The molecule has 0 radical (unpaired) electrons. The minimum absolute atomic E-state index is 0.573. The normalized spacial score (nSPS) is 22.8. The summed E-state index contributed by atoms with van der Waals surface area (Å²) in [4.78, 5) is 10.7. The molecule has 6 heteroatoms. The number of aliphatic imine (C=N–C) groups is 1. The highest BCUT2D eigenvalue weighted by atomic mass is 32.2. The first-order valence-electron chi connectivity index (χ1n) is 10.5. The molecule has 2 unspecified atom stereocenters. The average Bonchev–Trinajstić information content (AvgIpc) is 3.17. The number of piperidine rings is 1. The van der Waals surface area contributed by atoms with Crippen LogP contribution in [0.5, 0.6) is 0 Å². The van der Waals surface area contributed by atoms with E-state index in [2.05, 4.69) is 22.0 Å². The van der Waals surface area contributed by atoms with E-state index in [1.54, 1.807) is 0 Å². The first kappa shape index (κ1) is 20.3. The van der Waals surface area contributed by atoms with Crippen LogP contribution in [0.25, 0.3) is 0 Å². The molecular formula is C21H34N4OS. The molecule has 2 heterocycles. The van der Waals surface area contributed by atoms with Crippen LogP contribution in [0, 0.1) is 5.92 Å². The van der Waals surface area contributed by atoms with Gasteiger partial charge in [-0.05, 0) is 57.3 Å². The lowest BCUT2D eigenvalue weighted by Crippen LogP contribution is -2.41. The van der Waals surface area contributed by atoms with Crippen molar-refractivity contribution in [2.45, 2.75) is 37.5 Å². The van der Waals surface area contributed by atoms with Crippen LogP contribution in [-0.4, -0.2) is 71.5 Å². The molecule has 0 bridgehead atoms. The van der Waals surface area contributed by atoms with E-state index in [9.17, 15) is 4.21 Å². The Hall–Kier alpha value is -1.40. The standard InChI is InChI=1S/C21H34N4OS/c1-2-22-21(23-12-16-27(26)20-9-5-3-6-10-20)25-15-11-19(18-25)17-24-13-7-4-8-14-24/h3,5-6,9-10,19H,2,4,7-8,11-18H2,1H3,(H,22,23). The molecule has 2 fully saturated rings. The summed E-state index contributed by atoms with van der Waals surface area (Å²) < 4.78 is 12.4. The minimum Gasteiger partial charge on any atom is -0.357 e. The average molecular weight is 391 g/mol. The van der Waals surface area contributed by atoms with Crippen molar-refractivity contribution in [2.75, 3.05) is 51.6 Å². The molecule has 1 aromatic rings. The zero-order valence-electron chi connectivity index (χ0n) is 16.6. The third kappa shape index (κ3) is 6.32. The molecular weight excluding hydrogens is 356 g/mol. The third-order valence-electron chi connectivity index (χ3n) is 5.43. The van der Waals surface area contributed by atoms with Crippen molar-refractivity contribution in [1.29, 1.82) is 0 Å². The largest absolute Gasteiger partial charge is 0.357 e. The minimum atomic E-state index is -0.977. The number of rotatable bonds is 7. The zero-order valence-corrected chi connectivity index (χ0v) is 17.4. The first-order chi connectivity index (χ1) is 13.3. The summed E-state index contributed by atoms with van der Waals surface area (Å²) >= 11 is 0. The van der Waals surface area contributed by atoms with Gasteiger partial charge in [0.25, 0.3) is 0 Å². The van der Waals surface area contributed by atoms with Gasteiger partial charge in [0.2, 0.25) is 0 Å². The Balaban J connectivity index is 1.49. The van der Waals surface area contributed by atoms with Crippen LogP contribution in [0.1, 0.15) is 32.6 Å². The molecule has 1 aromatic carbocycles. The van der Waals surface area contributed by atoms with Gasteiger partial charge in [-0.25, -0.2) is 0 Å². The summed E-state index contributed by atoms with van der Waals surface area (Å²) in [5.74, 6) is 2.30. The van der Waals surface area contributed by atoms with Crippen molar-refractivity contribution >= 4 is 16.8 Å². The Morgan fingerprint density at radius 3 is 2.70 bits per heavy atom. The number of nitrogens with one attached hydrogen (secondary N) is 1. The Labute approximate surface area is 166 Å². The van der Waals surface area contributed by atoms with E-state index in [0.29, 0.717) is 12.3 Å². The maximum atomic E-state index is 12.4. The van der Waals surface area contributed by atoms with Gasteiger partial charge in [-0.15, -0.1) is 0 Å². The summed E-state index contributed by atoms with van der Waals surface area (Å²) in [6.45, 7) is 9.51. The van der Waals surface area contributed by atoms with Gasteiger partial charge in [-0.1, -0.05) is 24.6 Å². The van der Waals surface area contributed by atoms with Gasteiger partial charge in [0, 0.05) is 36.8 Å². The number of likely N-dealkylation sites (tertiary alicyclic amines) is 2. The van der Waals surface area contributed by atoms with E-state index < -0.39 is 10.8 Å². The molecule has 2 aliphatic heterocycles. The second-order valence-electron chi connectivity index (χ2n) is 7.56. The maximum absolute atomic E-state index is 12.4. The van der Waals surface area contributed by atoms with Gasteiger partial charge >= 0.3 is 0 Å². The smallest absolute Gasteiger partial charge is 0.193 e. The third-order valence-corrected chi connectivity index (χ3v) is 6.78. The van der Waals surface area contributed by atoms with E-state index in [-0.39, 0.29) is 0 Å². The Kier molecular flexibility index (Phi) is 8.14. The Bertz CT molecular complexity index is 616. The number of guanidine groups is 1. The fourth-order valence-corrected chi connectivity index (χ4v) is 4.99. The Morgan fingerprint density at radius 2 is 1.96 bits per heavy atom. The van der Waals surface area contributed by atoms with Crippen LogP contribution in [0.15, 0.2) is 40.2 Å². The lowest BCUT2D eigenvalue weighted by atomic mass is 10.1. The summed E-state index contributed by atoms with van der Waals surface area (Å²) in [5.41, 5.74) is 0. The second-order valence-corrected chi connectivity index (χ2v) is 9.13. The molecule has 2 saturated heterocycles. The van der Waals surface area contributed by atoms with Crippen molar-refractivity contribution in [1.82, 2.24) is 15.1 Å². The van der Waals surface area contributed by atoms with Gasteiger partial charge in [0.15, 0.2) is 5.96 Å². The van der Waals surface area contributed by atoms with Gasteiger partial charge in [0.05, 0.1) is 17.3 Å². The van der Waals surface area contributed by atoms with Gasteiger partial charge in [-0.3, -0.25) is 9.20 Å². The number of benzene rings is 1. The van der Waals surface area contributed by atoms with Gasteiger partial charge in [-0.2, -0.15) is 0 Å². The molecule has 27 heavy (non-hydrogen) atoms. The summed E-state index contributed by atoms with van der Waals surface area (Å²) in [5, 5.41) is 3.43. The summed E-state index contributed by atoms with van der Waals surface area (Å²) in [6, 6.07) is 9.68. The molecule has 3 rings (SSSR count). The van der Waals surface area contributed by atoms with Crippen LogP contribution in [0.2, 0.25) is 0 Å². The topological polar surface area (TPSA) is 47.9 Å². The number of hydrogen-bond acceptors (Lipinski definition) is 3. The molecule has 5 nitrogen and oxygen atoms in total. The van der Waals surface area contributed by atoms with E-state index >= 15 is 0 Å². The monoisotopic (exact) mass is 390 g/mol. The van der Waals surface area contributed by atoms with Crippen LogP contribution in [-0.2, 0) is 10.8 Å². The molecule has 2 atom stereocenters. The molecule has 0 amide bonds. The van der Waals surface area contributed by atoms with Crippen molar-refractivity contribution in [3.05, 3.63) is 30.3 Å². The molecule has 0 spiro atoms. The van der Waals surface area contributed by atoms with E-state index in [1.807, 2.05) is 30.3 Å². The summed E-state index contributed by atoms with van der Waals surface area (Å²) in [6.07, 6.45) is 5.36. The van der Waals surface area contributed by atoms with Crippen molar-refractivity contribution in [3.63, 3.8) is 0 Å². The lowest BCUT2D eigenvalue weighted by Gasteiger charge is -2.29. The van der Waals surface area contributed by atoms with Crippen molar-refractivity contribution in [2.24, 2.45) is 10.9 Å². The maximum Gasteiger partial charge on any atom is 0.193 e. The molecule has 0 aliphatic carbocycles. The molecule has 1 N–H and O–H groups in total. The van der Waals surface area contributed by atoms with Gasteiger partial charge < -0.3 is 15.1 Å². The van der Waals surface area contributed by atoms with Crippen molar-refractivity contribution in [3.8, 4) is 0 Å². The quantitative estimate of drug-likeness (QED) is 0.574. The van der Waals surface area contributed by atoms with E-state index in [0.717, 1.165) is 36.4 Å². The number of hydrogen-bond donors (Lipinski definition) is 1. The van der Waals surface area contributed by atoms with Crippen LogP contribution in [0.3, 0.4) is 0 Å². The predicted octanol–water partition coefficient (Wildman–Crippen LogP) is 2.57. The van der Waals surface area contributed by atoms with Crippen molar-refractivity contribution < 1.29 is 4.21 Å². The predicted molar refractivity (Wildman–Crippen MR) is 114 cm³/mol. The first-order valence-corrected chi connectivity index (χ1v) is 11.8. The highest BCUT2D eigenvalue weighted by molar-refractivity contribution is 7.85. The fraction of sp³-hybridized carbons (Fsp3) is 0.667. The van der Waals surface area contributed by atoms with E-state index in [4.69, 9.17) is 4.99 Å². The molecule has 2 aliphatic rings. The zero-order chi connectivity index (χ0) is 18.9. The highest BCUT2D eigenvalue weighted by Crippen LogP contribution is 2.20. The molecule has 0 aromatic heterocycles. The van der Waals surface area contributed by atoms with Gasteiger partial charge in [0.1, 0.15) is 0 Å². The second kappa shape index (κ2) is 10.8. The lowest BCUT2D eigenvalue weighted by molar-refractivity contribution is 0.198. The van der Waals surface area contributed by atoms with Crippen LogP contribution < -0.4 is 5.32 Å². The SMILES string of the molecule is CCNC(=NCCS(=O)c1ccccc1)N1CCC(CN2CCCCC2)C1. The Morgan fingerprint density at radius 1 is 1.19 bits per heavy atom. The highest BCUT2D eigenvalue weighted by Gasteiger charge is 2.26. The summed E-state index contributed by atoms with van der Waals surface area (Å²) in [7, 11) is -0.977. The number of nitrogens with zero attached hydrogens (tertiary/aromatic N) is 3. The molecule has 150 valence electrons. The van der Waals surface area contributed by atoms with Crippen LogP contribution in [0.4, 0.5) is 0 Å². The van der Waals surface area contributed by atoms with E-state index in [1.165, 1.54) is 45.3 Å². The molecule has 0 saturated carbocycles. The van der Waals surface area contributed by atoms with Crippen LogP contribution >= 0.6 is 0 Å².